The number of hydrogen-bond acceptors (Lipinski definition) is 3. The summed E-state index contributed by atoms with van der Waals surface area (Å²) < 4.78 is 32.7. The second-order valence-corrected chi connectivity index (χ2v) is 9.08. The molecule has 4 rings (SSSR count). The summed E-state index contributed by atoms with van der Waals surface area (Å²) in [4.78, 5) is 3.70. The third-order valence-corrected chi connectivity index (χ3v) is 7.39. The molecule has 1 aliphatic heterocycles. The Balaban J connectivity index is 1.53. The van der Waals surface area contributed by atoms with Crippen LogP contribution in [0, 0.1) is 6.92 Å². The highest BCUT2D eigenvalue weighted by Gasteiger charge is 2.30. The SMILES string of the molecule is COc1ccc2[nH]cc(C3CCN(S(=O)(=O)c4ccc(C)cc4)CC3)c2c1. The van der Waals surface area contributed by atoms with Crippen LogP contribution < -0.4 is 4.74 Å². The summed E-state index contributed by atoms with van der Waals surface area (Å²) in [6.45, 7) is 3.03. The van der Waals surface area contributed by atoms with Crippen LogP contribution in [0.25, 0.3) is 10.9 Å². The second-order valence-electron chi connectivity index (χ2n) is 7.15. The number of nitrogens with one attached hydrogen (secondary N) is 1. The smallest absolute Gasteiger partial charge is 0.243 e. The summed E-state index contributed by atoms with van der Waals surface area (Å²) in [7, 11) is -1.75. The number of ether oxygens (including phenoxy) is 1. The molecule has 1 aromatic heterocycles. The average molecular weight is 385 g/mol. The second kappa shape index (κ2) is 7.02. The van der Waals surface area contributed by atoms with Gasteiger partial charge in [-0.25, -0.2) is 8.42 Å². The number of H-pyrrole nitrogens is 1. The van der Waals surface area contributed by atoms with Crippen LogP contribution in [0.3, 0.4) is 0 Å². The molecule has 0 saturated carbocycles. The van der Waals surface area contributed by atoms with Gasteiger partial charge in [0.05, 0.1) is 12.0 Å². The van der Waals surface area contributed by atoms with Gasteiger partial charge >= 0.3 is 0 Å². The summed E-state index contributed by atoms with van der Waals surface area (Å²) in [6, 6.07) is 13.1. The van der Waals surface area contributed by atoms with Gasteiger partial charge in [0.2, 0.25) is 10.0 Å². The molecular weight excluding hydrogens is 360 g/mol. The molecule has 2 aromatic carbocycles. The van der Waals surface area contributed by atoms with Gasteiger partial charge in [-0.3, -0.25) is 0 Å². The highest BCUT2D eigenvalue weighted by atomic mass is 32.2. The summed E-state index contributed by atoms with van der Waals surface area (Å²) >= 11 is 0. The lowest BCUT2D eigenvalue weighted by atomic mass is 9.90. The van der Waals surface area contributed by atoms with E-state index < -0.39 is 10.0 Å². The fourth-order valence-electron chi connectivity index (χ4n) is 3.85. The Morgan fingerprint density at radius 1 is 1.07 bits per heavy atom. The van der Waals surface area contributed by atoms with E-state index in [0.29, 0.717) is 23.9 Å². The summed E-state index contributed by atoms with van der Waals surface area (Å²) in [5.41, 5.74) is 3.39. The Hall–Kier alpha value is -2.31. The monoisotopic (exact) mass is 384 g/mol. The Morgan fingerprint density at radius 2 is 1.78 bits per heavy atom. The van der Waals surface area contributed by atoms with E-state index in [2.05, 4.69) is 17.2 Å². The van der Waals surface area contributed by atoms with E-state index >= 15 is 0 Å². The first-order valence-corrected chi connectivity index (χ1v) is 10.6. The van der Waals surface area contributed by atoms with Crippen LogP contribution in [0.2, 0.25) is 0 Å². The van der Waals surface area contributed by atoms with Gasteiger partial charge < -0.3 is 9.72 Å². The zero-order valence-electron chi connectivity index (χ0n) is 15.6. The van der Waals surface area contributed by atoms with Crippen LogP contribution in [0.15, 0.2) is 53.6 Å². The van der Waals surface area contributed by atoms with Gasteiger partial charge in [-0.1, -0.05) is 17.7 Å². The van der Waals surface area contributed by atoms with Crippen molar-refractivity contribution in [3.8, 4) is 5.75 Å². The summed E-state index contributed by atoms with van der Waals surface area (Å²) in [5.74, 6) is 1.18. The van der Waals surface area contributed by atoms with Crippen LogP contribution in [0.5, 0.6) is 5.75 Å². The minimum Gasteiger partial charge on any atom is -0.497 e. The number of hydrogen-bond donors (Lipinski definition) is 1. The highest BCUT2D eigenvalue weighted by Crippen LogP contribution is 2.35. The molecule has 5 nitrogen and oxygen atoms in total. The van der Waals surface area contributed by atoms with E-state index in [9.17, 15) is 8.42 Å². The van der Waals surface area contributed by atoms with Gasteiger partial charge in [-0.2, -0.15) is 4.31 Å². The van der Waals surface area contributed by atoms with Crippen LogP contribution in [0.1, 0.15) is 29.9 Å². The zero-order chi connectivity index (χ0) is 19.0. The Bertz CT molecular complexity index is 1050. The van der Waals surface area contributed by atoms with Crippen molar-refractivity contribution in [1.82, 2.24) is 9.29 Å². The van der Waals surface area contributed by atoms with Gasteiger partial charge in [0, 0.05) is 30.2 Å². The van der Waals surface area contributed by atoms with Crippen LogP contribution >= 0.6 is 0 Å². The maximum atomic E-state index is 12.9. The fourth-order valence-corrected chi connectivity index (χ4v) is 5.32. The third-order valence-electron chi connectivity index (χ3n) is 5.47. The molecule has 0 radical (unpaired) electrons. The van der Waals surface area contributed by atoms with Gasteiger partial charge in [0.1, 0.15) is 5.75 Å². The predicted molar refractivity (Wildman–Crippen MR) is 107 cm³/mol. The first-order valence-electron chi connectivity index (χ1n) is 9.21. The molecule has 1 saturated heterocycles. The Kier molecular flexibility index (Phi) is 4.70. The standard InChI is InChI=1S/C21H24N2O3S/c1-15-3-6-18(7-4-15)27(24,25)23-11-9-16(10-12-23)20-14-22-21-8-5-17(26-2)13-19(20)21/h3-8,13-14,16,22H,9-12H2,1-2H3. The van der Waals surface area contributed by atoms with E-state index in [1.54, 1.807) is 23.5 Å². The molecule has 0 bridgehead atoms. The van der Waals surface area contributed by atoms with Crippen LogP contribution in [0.4, 0.5) is 0 Å². The lowest BCUT2D eigenvalue weighted by Crippen LogP contribution is -2.37. The number of benzene rings is 2. The average Bonchev–Trinajstić information content (AvgIpc) is 3.11. The van der Waals surface area contributed by atoms with Gasteiger partial charge in [-0.05, 0) is 61.6 Å². The predicted octanol–water partition coefficient (Wildman–Crippen LogP) is 4.05. The third kappa shape index (κ3) is 3.35. The summed E-state index contributed by atoms with van der Waals surface area (Å²) in [6.07, 6.45) is 3.68. The first kappa shape index (κ1) is 18.1. The molecular formula is C21H24N2O3S. The van der Waals surface area contributed by atoms with Crippen molar-refractivity contribution in [2.45, 2.75) is 30.6 Å². The maximum Gasteiger partial charge on any atom is 0.243 e. The number of aryl methyl sites for hydroxylation is 1. The highest BCUT2D eigenvalue weighted by molar-refractivity contribution is 7.89. The van der Waals surface area contributed by atoms with Crippen LogP contribution in [-0.2, 0) is 10.0 Å². The lowest BCUT2D eigenvalue weighted by molar-refractivity contribution is 0.320. The van der Waals surface area contributed by atoms with Crippen molar-refractivity contribution in [2.24, 2.45) is 0 Å². The molecule has 3 aromatic rings. The number of methoxy groups -OCH3 is 1. The molecule has 142 valence electrons. The summed E-state index contributed by atoms with van der Waals surface area (Å²) in [5, 5.41) is 1.16. The Morgan fingerprint density at radius 3 is 2.44 bits per heavy atom. The number of piperidine rings is 1. The van der Waals surface area contributed by atoms with Crippen molar-refractivity contribution in [1.29, 1.82) is 0 Å². The number of fused-ring (bicyclic) bond motifs is 1. The van der Waals surface area contributed by atoms with Crippen molar-refractivity contribution in [3.05, 3.63) is 59.8 Å². The molecule has 6 heteroatoms. The quantitative estimate of drug-likeness (QED) is 0.738. The van der Waals surface area contributed by atoms with Gasteiger partial charge in [-0.15, -0.1) is 0 Å². The maximum absolute atomic E-state index is 12.9. The van der Waals surface area contributed by atoms with E-state index in [-0.39, 0.29) is 0 Å². The number of nitrogens with zero attached hydrogens (tertiary/aromatic N) is 1. The molecule has 0 aliphatic carbocycles. The topological polar surface area (TPSA) is 62.4 Å². The molecule has 1 fully saturated rings. The molecule has 0 amide bonds. The van der Waals surface area contributed by atoms with Crippen LogP contribution in [-0.4, -0.2) is 37.9 Å². The normalized spacial score (nSPS) is 16.7. The zero-order valence-corrected chi connectivity index (χ0v) is 16.4. The van der Waals surface area contributed by atoms with Gasteiger partial charge in [0.25, 0.3) is 0 Å². The molecule has 0 spiro atoms. The minimum atomic E-state index is -3.42. The first-order chi connectivity index (χ1) is 13.0. The van der Waals surface area contributed by atoms with E-state index in [1.165, 1.54) is 5.56 Å². The van der Waals surface area contributed by atoms with Crippen molar-refractivity contribution in [2.75, 3.05) is 20.2 Å². The minimum absolute atomic E-state index is 0.343. The molecule has 2 heterocycles. The number of aromatic nitrogens is 1. The molecule has 1 N–H and O–H groups in total. The van der Waals surface area contributed by atoms with Gasteiger partial charge in [0.15, 0.2) is 0 Å². The Labute approximate surface area is 160 Å². The van der Waals surface area contributed by atoms with Crippen molar-refractivity contribution >= 4 is 20.9 Å². The number of rotatable bonds is 4. The van der Waals surface area contributed by atoms with E-state index in [1.807, 2.05) is 31.2 Å². The number of aromatic amines is 1. The van der Waals surface area contributed by atoms with Crippen molar-refractivity contribution in [3.63, 3.8) is 0 Å². The molecule has 1 aliphatic rings. The largest absolute Gasteiger partial charge is 0.497 e. The molecule has 0 unspecified atom stereocenters. The number of sulfonamides is 1. The lowest BCUT2D eigenvalue weighted by Gasteiger charge is -2.31. The van der Waals surface area contributed by atoms with E-state index in [0.717, 1.165) is 35.1 Å². The molecule has 0 atom stereocenters. The molecule has 27 heavy (non-hydrogen) atoms. The van der Waals surface area contributed by atoms with E-state index in [4.69, 9.17) is 4.74 Å². The fraction of sp³-hybridized carbons (Fsp3) is 0.333. The van der Waals surface area contributed by atoms with Crippen molar-refractivity contribution < 1.29 is 13.2 Å².